The Balaban J connectivity index is 2.93. The van der Waals surface area contributed by atoms with Crippen molar-refractivity contribution in [2.75, 3.05) is 6.54 Å². The molecule has 3 N–H and O–H groups in total. The number of nitrogens with two attached hydrogens (primary N) is 1. The molecule has 0 aliphatic heterocycles. The van der Waals surface area contributed by atoms with Gasteiger partial charge in [0, 0.05) is 5.92 Å². The van der Waals surface area contributed by atoms with Gasteiger partial charge in [-0.25, -0.2) is 0 Å². The van der Waals surface area contributed by atoms with Crippen LogP contribution in [0.2, 0.25) is 0 Å². The summed E-state index contributed by atoms with van der Waals surface area (Å²) in [6.45, 7) is 4.71. The van der Waals surface area contributed by atoms with Crippen LogP contribution in [-0.2, 0) is 6.42 Å². The van der Waals surface area contributed by atoms with Gasteiger partial charge in [-0.05, 0) is 30.5 Å². The third-order valence-electron chi connectivity index (χ3n) is 3.03. The van der Waals surface area contributed by atoms with Gasteiger partial charge in [-0.1, -0.05) is 38.1 Å². The molecule has 0 amide bonds. The lowest BCUT2D eigenvalue weighted by molar-refractivity contribution is 0.109. The van der Waals surface area contributed by atoms with E-state index in [1.54, 1.807) is 0 Å². The SMILES string of the molecule is CCc1ccccc1C(O)C(CC)CN. The van der Waals surface area contributed by atoms with Crippen LogP contribution in [0.15, 0.2) is 24.3 Å². The van der Waals surface area contributed by atoms with Crippen LogP contribution in [0.5, 0.6) is 0 Å². The molecule has 0 radical (unpaired) electrons. The lowest BCUT2D eigenvalue weighted by Gasteiger charge is -2.22. The number of rotatable bonds is 5. The smallest absolute Gasteiger partial charge is 0.0832 e. The topological polar surface area (TPSA) is 46.2 Å². The molecule has 0 bridgehead atoms. The second-order valence-corrected chi connectivity index (χ2v) is 3.90. The molecular weight excluding hydrogens is 186 g/mol. The lowest BCUT2D eigenvalue weighted by atomic mass is 9.90. The zero-order valence-electron chi connectivity index (χ0n) is 9.61. The molecule has 0 aromatic heterocycles. The molecule has 2 unspecified atom stereocenters. The van der Waals surface area contributed by atoms with Crippen LogP contribution >= 0.6 is 0 Å². The van der Waals surface area contributed by atoms with E-state index in [0.717, 1.165) is 18.4 Å². The summed E-state index contributed by atoms with van der Waals surface area (Å²) >= 11 is 0. The molecule has 1 aromatic carbocycles. The monoisotopic (exact) mass is 207 g/mol. The van der Waals surface area contributed by atoms with E-state index < -0.39 is 6.10 Å². The summed E-state index contributed by atoms with van der Waals surface area (Å²) in [5, 5.41) is 10.2. The van der Waals surface area contributed by atoms with Crippen molar-refractivity contribution in [3.05, 3.63) is 35.4 Å². The number of hydrogen-bond donors (Lipinski definition) is 2. The maximum Gasteiger partial charge on any atom is 0.0832 e. The highest BCUT2D eigenvalue weighted by Gasteiger charge is 2.19. The number of aliphatic hydroxyl groups is 1. The average molecular weight is 207 g/mol. The highest BCUT2D eigenvalue weighted by atomic mass is 16.3. The van der Waals surface area contributed by atoms with E-state index >= 15 is 0 Å². The van der Waals surface area contributed by atoms with E-state index in [1.165, 1.54) is 5.56 Å². The summed E-state index contributed by atoms with van der Waals surface area (Å²) < 4.78 is 0. The van der Waals surface area contributed by atoms with Crippen LogP contribution in [0.1, 0.15) is 37.5 Å². The van der Waals surface area contributed by atoms with E-state index in [9.17, 15) is 5.11 Å². The predicted octanol–water partition coefficient (Wildman–Crippen LogP) is 2.27. The third-order valence-corrected chi connectivity index (χ3v) is 3.03. The predicted molar refractivity (Wildman–Crippen MR) is 63.6 cm³/mol. The Bertz CT molecular complexity index is 294. The molecule has 0 saturated heterocycles. The number of hydrogen-bond acceptors (Lipinski definition) is 2. The van der Waals surface area contributed by atoms with Crippen molar-refractivity contribution in [1.29, 1.82) is 0 Å². The largest absolute Gasteiger partial charge is 0.388 e. The van der Waals surface area contributed by atoms with Crippen molar-refractivity contribution in [2.24, 2.45) is 11.7 Å². The van der Waals surface area contributed by atoms with Gasteiger partial charge in [0.05, 0.1) is 6.10 Å². The highest BCUT2D eigenvalue weighted by Crippen LogP contribution is 2.26. The van der Waals surface area contributed by atoms with Crippen molar-refractivity contribution in [1.82, 2.24) is 0 Å². The highest BCUT2D eigenvalue weighted by molar-refractivity contribution is 5.29. The second-order valence-electron chi connectivity index (χ2n) is 3.90. The second kappa shape index (κ2) is 5.89. The maximum absolute atomic E-state index is 10.2. The standard InChI is InChI=1S/C13H21NO/c1-3-10-7-5-6-8-12(10)13(15)11(4-2)9-14/h5-8,11,13,15H,3-4,9,14H2,1-2H3. The van der Waals surface area contributed by atoms with Crippen LogP contribution in [0.25, 0.3) is 0 Å². The molecule has 0 fully saturated rings. The fourth-order valence-electron chi connectivity index (χ4n) is 1.92. The average Bonchev–Trinajstić information content (AvgIpc) is 2.30. The lowest BCUT2D eigenvalue weighted by Crippen LogP contribution is -2.22. The molecule has 2 heteroatoms. The van der Waals surface area contributed by atoms with E-state index in [-0.39, 0.29) is 5.92 Å². The fraction of sp³-hybridized carbons (Fsp3) is 0.538. The molecule has 0 saturated carbocycles. The fourth-order valence-corrected chi connectivity index (χ4v) is 1.92. The molecule has 0 spiro atoms. The molecule has 0 heterocycles. The summed E-state index contributed by atoms with van der Waals surface area (Å²) in [5.74, 6) is 0.165. The minimum absolute atomic E-state index is 0.165. The molecule has 2 nitrogen and oxygen atoms in total. The van der Waals surface area contributed by atoms with Crippen molar-refractivity contribution in [2.45, 2.75) is 32.8 Å². The van der Waals surface area contributed by atoms with Crippen LogP contribution in [0.3, 0.4) is 0 Å². The molecular formula is C13H21NO. The quantitative estimate of drug-likeness (QED) is 0.778. The zero-order valence-corrected chi connectivity index (χ0v) is 9.61. The Morgan fingerprint density at radius 3 is 2.47 bits per heavy atom. The van der Waals surface area contributed by atoms with Crippen LogP contribution in [0.4, 0.5) is 0 Å². The first-order valence-electron chi connectivity index (χ1n) is 5.70. The minimum Gasteiger partial charge on any atom is -0.388 e. The zero-order chi connectivity index (χ0) is 11.3. The molecule has 84 valence electrons. The normalized spacial score (nSPS) is 14.9. The van der Waals surface area contributed by atoms with Crippen molar-refractivity contribution in [3.8, 4) is 0 Å². The van der Waals surface area contributed by atoms with E-state index in [1.807, 2.05) is 18.2 Å². The summed E-state index contributed by atoms with van der Waals surface area (Å²) in [7, 11) is 0. The first kappa shape index (κ1) is 12.2. The Hall–Kier alpha value is -0.860. The van der Waals surface area contributed by atoms with Gasteiger partial charge < -0.3 is 10.8 Å². The van der Waals surface area contributed by atoms with Crippen molar-refractivity contribution < 1.29 is 5.11 Å². The third kappa shape index (κ3) is 2.80. The van der Waals surface area contributed by atoms with Gasteiger partial charge in [-0.15, -0.1) is 0 Å². The number of aliphatic hydroxyl groups excluding tert-OH is 1. The Morgan fingerprint density at radius 2 is 1.93 bits per heavy atom. The number of benzene rings is 1. The molecule has 0 aliphatic rings. The van der Waals surface area contributed by atoms with Crippen LogP contribution in [-0.4, -0.2) is 11.7 Å². The van der Waals surface area contributed by atoms with Gasteiger partial charge >= 0.3 is 0 Å². The molecule has 1 aromatic rings. The molecule has 15 heavy (non-hydrogen) atoms. The van der Waals surface area contributed by atoms with Gasteiger partial charge in [0.25, 0.3) is 0 Å². The van der Waals surface area contributed by atoms with E-state index in [2.05, 4.69) is 19.9 Å². The Morgan fingerprint density at radius 1 is 1.27 bits per heavy atom. The Labute approximate surface area is 92.1 Å². The van der Waals surface area contributed by atoms with Gasteiger partial charge in [0.1, 0.15) is 0 Å². The molecule has 1 rings (SSSR count). The number of aryl methyl sites for hydroxylation is 1. The van der Waals surface area contributed by atoms with E-state index in [4.69, 9.17) is 5.73 Å². The molecule has 0 aliphatic carbocycles. The minimum atomic E-state index is -0.420. The van der Waals surface area contributed by atoms with Gasteiger partial charge in [0.2, 0.25) is 0 Å². The van der Waals surface area contributed by atoms with Gasteiger partial charge in [-0.3, -0.25) is 0 Å². The first-order valence-corrected chi connectivity index (χ1v) is 5.70. The molecule has 2 atom stereocenters. The summed E-state index contributed by atoms with van der Waals surface area (Å²) in [5.41, 5.74) is 7.91. The van der Waals surface area contributed by atoms with Crippen LogP contribution in [0, 0.1) is 5.92 Å². The van der Waals surface area contributed by atoms with Crippen molar-refractivity contribution >= 4 is 0 Å². The van der Waals surface area contributed by atoms with Crippen LogP contribution < -0.4 is 5.73 Å². The van der Waals surface area contributed by atoms with Gasteiger partial charge in [0.15, 0.2) is 0 Å². The first-order chi connectivity index (χ1) is 7.24. The summed E-state index contributed by atoms with van der Waals surface area (Å²) in [6.07, 6.45) is 1.44. The summed E-state index contributed by atoms with van der Waals surface area (Å²) in [4.78, 5) is 0. The van der Waals surface area contributed by atoms with E-state index in [0.29, 0.717) is 6.54 Å². The van der Waals surface area contributed by atoms with Crippen molar-refractivity contribution in [3.63, 3.8) is 0 Å². The maximum atomic E-state index is 10.2. The van der Waals surface area contributed by atoms with Gasteiger partial charge in [-0.2, -0.15) is 0 Å². The summed E-state index contributed by atoms with van der Waals surface area (Å²) in [6, 6.07) is 8.06. The Kier molecular flexibility index (Phi) is 4.79.